The smallest absolute Gasteiger partial charge is 0.289 e. The molecule has 0 aromatic carbocycles. The fraction of sp³-hybridized carbons (Fsp3) is 0.625. The number of carbonyl (C=O) groups excluding carboxylic acids is 1. The van der Waals surface area contributed by atoms with Gasteiger partial charge >= 0.3 is 5.37 Å². The number of halogens is 2. The summed E-state index contributed by atoms with van der Waals surface area (Å²) in [4.78, 5) is 12.2. The zero-order chi connectivity index (χ0) is 8.97. The number of hydrogen-bond acceptors (Lipinski definition) is 1. The quantitative estimate of drug-likeness (QED) is 0.441. The van der Waals surface area contributed by atoms with Crippen LogP contribution in [0, 0.1) is 0 Å². The molecule has 0 aromatic heterocycles. The van der Waals surface area contributed by atoms with E-state index in [0.29, 0.717) is 11.7 Å². The highest BCUT2D eigenvalue weighted by Crippen LogP contribution is 2.18. The molecule has 1 heterocycles. The third kappa shape index (κ3) is 2.68. The summed E-state index contributed by atoms with van der Waals surface area (Å²) in [6, 6.07) is 0. The lowest BCUT2D eigenvalue weighted by atomic mass is 10.1. The second-order valence-corrected chi connectivity index (χ2v) is 3.49. The van der Waals surface area contributed by atoms with Crippen LogP contribution in [0.5, 0.6) is 0 Å². The molecule has 4 heteroatoms. The molecule has 0 saturated carbocycles. The highest BCUT2D eigenvalue weighted by Gasteiger charge is 2.14. The summed E-state index contributed by atoms with van der Waals surface area (Å²) in [5.74, 6) is 0. The predicted octanol–water partition coefficient (Wildman–Crippen LogP) is 3.30. The maximum absolute atomic E-state index is 10.8. The molecular weight excluding hydrogens is 197 g/mol. The summed E-state index contributed by atoms with van der Waals surface area (Å²) in [5.41, 5.74) is 0. The van der Waals surface area contributed by atoms with E-state index in [9.17, 15) is 4.79 Å². The van der Waals surface area contributed by atoms with Crippen LogP contribution in [0.25, 0.3) is 0 Å². The van der Waals surface area contributed by atoms with Gasteiger partial charge in [-0.15, -0.1) is 0 Å². The van der Waals surface area contributed by atoms with Crippen LogP contribution in [0.15, 0.2) is 11.2 Å². The van der Waals surface area contributed by atoms with E-state index in [1.165, 1.54) is 4.90 Å². The molecule has 1 aliphatic heterocycles. The first-order valence-electron chi connectivity index (χ1n) is 4.04. The molecule has 0 aromatic rings. The number of hydrogen-bond donors (Lipinski definition) is 0. The molecule has 1 amide bonds. The third-order valence-corrected chi connectivity index (χ3v) is 2.43. The summed E-state index contributed by atoms with van der Waals surface area (Å²) < 4.78 is 0. The van der Waals surface area contributed by atoms with Crippen molar-refractivity contribution in [3.63, 3.8) is 0 Å². The molecule has 1 rings (SSSR count). The Labute approximate surface area is 82.1 Å². The summed E-state index contributed by atoms with van der Waals surface area (Å²) in [7, 11) is 0. The van der Waals surface area contributed by atoms with E-state index in [1.807, 2.05) is 6.08 Å². The summed E-state index contributed by atoms with van der Waals surface area (Å²) in [6.07, 6.45) is 6.02. The minimum Gasteiger partial charge on any atom is -0.289 e. The van der Waals surface area contributed by atoms with E-state index in [-0.39, 0.29) is 0 Å². The van der Waals surface area contributed by atoms with E-state index in [1.54, 1.807) is 0 Å². The highest BCUT2D eigenvalue weighted by molar-refractivity contribution is 6.63. The van der Waals surface area contributed by atoms with Crippen molar-refractivity contribution in [2.24, 2.45) is 0 Å². The Morgan fingerprint density at radius 1 is 1.42 bits per heavy atom. The van der Waals surface area contributed by atoms with Crippen LogP contribution < -0.4 is 0 Å². The average Bonchev–Trinajstić information content (AvgIpc) is 1.96. The Morgan fingerprint density at radius 2 is 2.17 bits per heavy atom. The van der Waals surface area contributed by atoms with Crippen LogP contribution in [0.2, 0.25) is 0 Å². The van der Waals surface area contributed by atoms with Gasteiger partial charge in [0.2, 0.25) is 0 Å². The molecule has 1 aliphatic rings. The number of rotatable bonds is 0. The van der Waals surface area contributed by atoms with Gasteiger partial charge in [0.25, 0.3) is 0 Å². The van der Waals surface area contributed by atoms with E-state index in [2.05, 4.69) is 0 Å². The molecule has 0 aliphatic carbocycles. The zero-order valence-electron chi connectivity index (χ0n) is 6.72. The first-order valence-corrected chi connectivity index (χ1v) is 4.80. The van der Waals surface area contributed by atoms with E-state index in [0.717, 1.165) is 25.7 Å². The van der Waals surface area contributed by atoms with Crippen molar-refractivity contribution in [2.45, 2.75) is 25.7 Å². The lowest BCUT2D eigenvalue weighted by Crippen LogP contribution is -2.25. The van der Waals surface area contributed by atoms with Gasteiger partial charge in [0.05, 0.1) is 0 Å². The van der Waals surface area contributed by atoms with Crippen LogP contribution in [0.1, 0.15) is 25.7 Å². The van der Waals surface area contributed by atoms with Gasteiger partial charge in [-0.2, -0.15) is 0 Å². The van der Waals surface area contributed by atoms with Crippen LogP contribution in [0.4, 0.5) is 4.79 Å². The predicted molar refractivity (Wildman–Crippen MR) is 50.4 cm³/mol. The van der Waals surface area contributed by atoms with Gasteiger partial charge in [-0.05, 0) is 36.9 Å². The fourth-order valence-corrected chi connectivity index (χ4v) is 1.69. The van der Waals surface area contributed by atoms with Crippen molar-refractivity contribution in [3.8, 4) is 0 Å². The molecule has 0 bridgehead atoms. The minimum atomic E-state index is -0.488. The normalized spacial score (nSPS) is 19.5. The molecular formula is C8H11Cl2NO. The van der Waals surface area contributed by atoms with Gasteiger partial charge in [-0.25, -0.2) is 0 Å². The highest BCUT2D eigenvalue weighted by atomic mass is 35.5. The summed E-state index contributed by atoms with van der Waals surface area (Å²) >= 11 is 11.2. The Hall–Kier alpha value is -0.210. The standard InChI is InChI=1S/C8H11Cl2NO/c9-7-5-3-1-2-4-6-11(7)8(10)12/h5H,1-4,6H2. The fourth-order valence-electron chi connectivity index (χ4n) is 1.20. The van der Waals surface area contributed by atoms with Gasteiger partial charge in [0, 0.05) is 6.54 Å². The second-order valence-electron chi connectivity index (χ2n) is 2.78. The lowest BCUT2D eigenvalue weighted by molar-refractivity contribution is 0.235. The molecule has 0 fully saturated rings. The average molecular weight is 208 g/mol. The molecule has 0 atom stereocenters. The molecule has 0 radical (unpaired) electrons. The monoisotopic (exact) mass is 207 g/mol. The second kappa shape index (κ2) is 4.73. The van der Waals surface area contributed by atoms with Gasteiger partial charge in [0.15, 0.2) is 0 Å². The Bertz CT molecular complexity index is 203. The first kappa shape index (κ1) is 9.87. The molecule has 12 heavy (non-hydrogen) atoms. The van der Waals surface area contributed by atoms with Gasteiger partial charge in [-0.1, -0.05) is 18.0 Å². The summed E-state index contributed by atoms with van der Waals surface area (Å²) in [5, 5.41) is -0.0205. The van der Waals surface area contributed by atoms with Crippen LogP contribution in [-0.2, 0) is 0 Å². The van der Waals surface area contributed by atoms with Crippen LogP contribution in [-0.4, -0.2) is 16.8 Å². The van der Waals surface area contributed by atoms with Crippen molar-refractivity contribution in [1.29, 1.82) is 0 Å². The topological polar surface area (TPSA) is 20.3 Å². The minimum absolute atomic E-state index is 0.467. The first-order chi connectivity index (χ1) is 5.72. The third-order valence-electron chi connectivity index (χ3n) is 1.87. The molecule has 0 saturated heterocycles. The largest absolute Gasteiger partial charge is 0.321 e. The molecule has 2 nitrogen and oxygen atoms in total. The number of carbonyl (C=O) groups is 1. The summed E-state index contributed by atoms with van der Waals surface area (Å²) in [6.45, 7) is 0.637. The van der Waals surface area contributed by atoms with E-state index >= 15 is 0 Å². The molecule has 0 unspecified atom stereocenters. The Balaban J connectivity index is 2.66. The number of nitrogens with zero attached hydrogens (tertiary/aromatic N) is 1. The van der Waals surface area contributed by atoms with Crippen molar-refractivity contribution < 1.29 is 4.79 Å². The van der Waals surface area contributed by atoms with Crippen molar-refractivity contribution in [3.05, 3.63) is 11.2 Å². The SMILES string of the molecule is O=C(Cl)N1CCCCCC=C1Cl. The maximum Gasteiger partial charge on any atom is 0.321 e. The van der Waals surface area contributed by atoms with Crippen molar-refractivity contribution in [1.82, 2.24) is 4.90 Å². The van der Waals surface area contributed by atoms with Gasteiger partial charge in [-0.3, -0.25) is 9.69 Å². The number of amides is 1. The lowest BCUT2D eigenvalue weighted by Gasteiger charge is -2.20. The van der Waals surface area contributed by atoms with Gasteiger partial charge in [0.1, 0.15) is 5.16 Å². The van der Waals surface area contributed by atoms with E-state index in [4.69, 9.17) is 23.2 Å². The van der Waals surface area contributed by atoms with Gasteiger partial charge < -0.3 is 0 Å². The Kier molecular flexibility index (Phi) is 3.89. The molecule has 0 spiro atoms. The Morgan fingerprint density at radius 3 is 2.83 bits per heavy atom. The van der Waals surface area contributed by atoms with Crippen LogP contribution >= 0.6 is 23.2 Å². The van der Waals surface area contributed by atoms with Crippen molar-refractivity contribution >= 4 is 28.6 Å². The maximum atomic E-state index is 10.8. The number of allylic oxidation sites excluding steroid dienone is 1. The van der Waals surface area contributed by atoms with Crippen molar-refractivity contribution in [2.75, 3.05) is 6.54 Å². The molecule has 68 valence electrons. The zero-order valence-corrected chi connectivity index (χ0v) is 8.24. The van der Waals surface area contributed by atoms with Crippen LogP contribution in [0.3, 0.4) is 0 Å². The van der Waals surface area contributed by atoms with E-state index < -0.39 is 5.37 Å². The molecule has 0 N–H and O–H groups in total.